The molecule has 1 fully saturated rings. The molecule has 7 nitrogen and oxygen atoms in total. The number of hydrazone groups is 1. The largest absolute Gasteiger partial charge is 0.454 e. The summed E-state index contributed by atoms with van der Waals surface area (Å²) in [6, 6.07) is 5.03. The quantitative estimate of drug-likeness (QED) is 0.748. The van der Waals surface area contributed by atoms with Crippen LogP contribution < -0.4 is 9.47 Å². The van der Waals surface area contributed by atoms with Gasteiger partial charge in [0.15, 0.2) is 11.5 Å². The van der Waals surface area contributed by atoms with Gasteiger partial charge >= 0.3 is 0 Å². The first kappa shape index (κ1) is 16.1. The Morgan fingerprint density at radius 3 is 2.62 bits per heavy atom. The van der Waals surface area contributed by atoms with Crippen LogP contribution in [0.4, 0.5) is 0 Å². The maximum absolute atomic E-state index is 12.3. The molecule has 136 valence electrons. The molecule has 5 rings (SSSR count). The molecule has 3 heterocycles. The molecule has 26 heavy (non-hydrogen) atoms. The second-order valence-corrected chi connectivity index (χ2v) is 9.09. The summed E-state index contributed by atoms with van der Waals surface area (Å²) in [5.74, 6) is 1.67. The van der Waals surface area contributed by atoms with Crippen LogP contribution in [0.15, 0.2) is 23.3 Å². The first-order chi connectivity index (χ1) is 12.4. The Balaban J connectivity index is 1.61. The number of sulfonamides is 1. The minimum absolute atomic E-state index is 0.176. The highest BCUT2D eigenvalue weighted by molar-refractivity contribution is 7.88. The molecule has 0 amide bonds. The number of fused-ring (bicyclic) bond motifs is 2. The number of aromatic nitrogens is 1. The van der Waals surface area contributed by atoms with Crippen molar-refractivity contribution in [2.24, 2.45) is 11.0 Å². The number of hydrogen-bond acceptors (Lipinski definition) is 6. The van der Waals surface area contributed by atoms with Crippen LogP contribution in [0.1, 0.15) is 30.9 Å². The summed E-state index contributed by atoms with van der Waals surface area (Å²) in [5.41, 5.74) is 2.26. The fourth-order valence-electron chi connectivity index (χ4n) is 3.50. The second-order valence-electron chi connectivity index (χ2n) is 6.89. The predicted octanol–water partition coefficient (Wildman–Crippen LogP) is 3.09. The summed E-state index contributed by atoms with van der Waals surface area (Å²) in [6.45, 7) is 0.176. The van der Waals surface area contributed by atoms with E-state index in [1.165, 1.54) is 10.7 Å². The lowest BCUT2D eigenvalue weighted by Crippen LogP contribution is -2.26. The number of rotatable bonds is 3. The minimum atomic E-state index is -3.50. The van der Waals surface area contributed by atoms with Crippen LogP contribution in [-0.2, 0) is 10.0 Å². The van der Waals surface area contributed by atoms with Crippen LogP contribution in [0.25, 0.3) is 10.9 Å². The molecule has 1 atom stereocenters. The van der Waals surface area contributed by atoms with E-state index in [0.29, 0.717) is 34.9 Å². The van der Waals surface area contributed by atoms with Gasteiger partial charge in [-0.2, -0.15) is 9.52 Å². The Bertz CT molecular complexity index is 1070. The number of ether oxygens (including phenoxy) is 2. The average Bonchev–Trinajstić information content (AvgIpc) is 3.15. The first-order valence-corrected chi connectivity index (χ1v) is 10.6. The van der Waals surface area contributed by atoms with Gasteiger partial charge in [-0.3, -0.25) is 0 Å². The van der Waals surface area contributed by atoms with E-state index in [0.717, 1.165) is 23.9 Å². The number of pyridine rings is 1. The Hall–Kier alpha value is -2.06. The molecule has 2 aliphatic heterocycles. The molecule has 0 spiro atoms. The van der Waals surface area contributed by atoms with Gasteiger partial charge in [-0.05, 0) is 30.9 Å². The fraction of sp³-hybridized carbons (Fsp3) is 0.412. The van der Waals surface area contributed by atoms with Crippen LogP contribution in [0, 0.1) is 5.92 Å². The number of hydrogen-bond donors (Lipinski definition) is 0. The highest BCUT2D eigenvalue weighted by Gasteiger charge is 2.41. The maximum Gasteiger partial charge on any atom is 0.247 e. The van der Waals surface area contributed by atoms with Crippen molar-refractivity contribution in [3.63, 3.8) is 0 Å². The Kier molecular flexibility index (Phi) is 3.39. The van der Waals surface area contributed by atoms with Crippen molar-refractivity contribution in [1.29, 1.82) is 0 Å². The molecule has 1 saturated carbocycles. The van der Waals surface area contributed by atoms with E-state index in [4.69, 9.17) is 21.1 Å². The number of benzene rings is 1. The van der Waals surface area contributed by atoms with E-state index < -0.39 is 16.1 Å². The zero-order valence-corrected chi connectivity index (χ0v) is 15.5. The third-order valence-electron chi connectivity index (χ3n) is 4.93. The molecular formula is C17H16ClN3O4S. The zero-order chi connectivity index (χ0) is 18.1. The molecule has 9 heteroatoms. The highest BCUT2D eigenvalue weighted by Crippen LogP contribution is 2.44. The van der Waals surface area contributed by atoms with Gasteiger partial charge in [-0.25, -0.2) is 13.4 Å². The Morgan fingerprint density at radius 1 is 1.19 bits per heavy atom. The van der Waals surface area contributed by atoms with Gasteiger partial charge in [0.05, 0.1) is 17.8 Å². The van der Waals surface area contributed by atoms with Gasteiger partial charge in [-0.15, -0.1) is 0 Å². The van der Waals surface area contributed by atoms with E-state index in [-0.39, 0.29) is 11.9 Å². The van der Waals surface area contributed by atoms with Gasteiger partial charge in [0, 0.05) is 29.1 Å². The molecule has 0 radical (unpaired) electrons. The van der Waals surface area contributed by atoms with Crippen LogP contribution in [0.5, 0.6) is 11.5 Å². The maximum atomic E-state index is 12.3. The lowest BCUT2D eigenvalue weighted by Gasteiger charge is -2.22. The monoisotopic (exact) mass is 393 g/mol. The smallest absolute Gasteiger partial charge is 0.247 e. The van der Waals surface area contributed by atoms with Crippen LogP contribution in [0.2, 0.25) is 5.15 Å². The van der Waals surface area contributed by atoms with Crippen LogP contribution in [0.3, 0.4) is 0 Å². The Labute approximate surface area is 155 Å². The van der Waals surface area contributed by atoms with Crippen LogP contribution in [-0.4, -0.2) is 36.6 Å². The van der Waals surface area contributed by atoms with E-state index in [1.54, 1.807) is 6.07 Å². The average molecular weight is 394 g/mol. The summed E-state index contributed by atoms with van der Waals surface area (Å²) in [5, 5.41) is 5.49. The molecule has 1 aromatic heterocycles. The molecule has 1 aromatic carbocycles. The number of nitrogens with zero attached hydrogens (tertiary/aromatic N) is 3. The van der Waals surface area contributed by atoms with Gasteiger partial charge in [0.1, 0.15) is 5.15 Å². The van der Waals surface area contributed by atoms with Crippen molar-refractivity contribution >= 4 is 38.2 Å². The summed E-state index contributed by atoms with van der Waals surface area (Å²) >= 11 is 6.44. The van der Waals surface area contributed by atoms with Crippen LogP contribution >= 0.6 is 11.6 Å². The van der Waals surface area contributed by atoms with Gasteiger partial charge < -0.3 is 9.47 Å². The van der Waals surface area contributed by atoms with Crippen molar-refractivity contribution in [3.8, 4) is 11.5 Å². The third-order valence-corrected chi connectivity index (χ3v) is 6.25. The molecule has 1 unspecified atom stereocenters. The molecule has 0 bridgehead atoms. The predicted molar refractivity (Wildman–Crippen MR) is 97.1 cm³/mol. The molecule has 3 aliphatic rings. The van der Waals surface area contributed by atoms with E-state index in [2.05, 4.69) is 10.1 Å². The summed E-state index contributed by atoms with van der Waals surface area (Å²) < 4.78 is 36.5. The van der Waals surface area contributed by atoms with Crippen molar-refractivity contribution < 1.29 is 17.9 Å². The Morgan fingerprint density at radius 2 is 1.92 bits per heavy atom. The molecule has 0 saturated heterocycles. The van der Waals surface area contributed by atoms with Crippen molar-refractivity contribution in [1.82, 2.24) is 9.40 Å². The number of halogens is 1. The van der Waals surface area contributed by atoms with E-state index >= 15 is 0 Å². The van der Waals surface area contributed by atoms with Crippen molar-refractivity contribution in [2.45, 2.75) is 25.3 Å². The van der Waals surface area contributed by atoms with Gasteiger partial charge in [0.2, 0.25) is 16.8 Å². The summed E-state index contributed by atoms with van der Waals surface area (Å²) in [7, 11) is -3.50. The lowest BCUT2D eigenvalue weighted by atomic mass is 10.0. The second kappa shape index (κ2) is 5.47. The van der Waals surface area contributed by atoms with E-state index in [1.807, 2.05) is 12.1 Å². The molecule has 0 N–H and O–H groups in total. The van der Waals surface area contributed by atoms with E-state index in [9.17, 15) is 8.42 Å². The SMILES string of the molecule is CS(=O)(=O)N1N=C(C2CC2)CC1c1cc2cc3c(cc2nc1Cl)OCO3. The minimum Gasteiger partial charge on any atom is -0.454 e. The standard InChI is InChI=1S/C17H16ClN3O4S/c1-26(22,23)21-14(6-13(20-21)9-2-3-9)11-4-10-5-15-16(25-8-24-15)7-12(10)19-17(11)18/h4-5,7,9,14H,2-3,6,8H2,1H3. The third kappa shape index (κ3) is 2.59. The summed E-state index contributed by atoms with van der Waals surface area (Å²) in [6.07, 6.45) is 3.85. The fourth-order valence-corrected chi connectivity index (χ4v) is 4.68. The molecule has 2 aromatic rings. The molecular weight excluding hydrogens is 378 g/mol. The lowest BCUT2D eigenvalue weighted by molar-refractivity contribution is 0.174. The zero-order valence-electron chi connectivity index (χ0n) is 14.0. The first-order valence-electron chi connectivity index (χ1n) is 8.37. The van der Waals surface area contributed by atoms with Crippen molar-refractivity contribution in [2.75, 3.05) is 13.0 Å². The van der Waals surface area contributed by atoms with Crippen molar-refractivity contribution in [3.05, 3.63) is 28.9 Å². The normalized spacial score (nSPS) is 22.2. The molecule has 1 aliphatic carbocycles. The topological polar surface area (TPSA) is 81.1 Å². The van der Waals surface area contributed by atoms with Gasteiger partial charge in [0.25, 0.3) is 0 Å². The highest BCUT2D eigenvalue weighted by atomic mass is 35.5. The summed E-state index contributed by atoms with van der Waals surface area (Å²) in [4.78, 5) is 4.46. The van der Waals surface area contributed by atoms with Gasteiger partial charge in [-0.1, -0.05) is 11.6 Å².